The van der Waals surface area contributed by atoms with Gasteiger partial charge in [-0.05, 0) is 41.4 Å². The molecule has 2 rings (SSSR count). The lowest BCUT2D eigenvalue weighted by Gasteiger charge is -2.24. The minimum absolute atomic E-state index is 0.0588. The zero-order valence-electron chi connectivity index (χ0n) is 11.0. The Bertz CT molecular complexity index is 552. The maximum absolute atomic E-state index is 11.9. The molecular formula is C14H16BrN3O. The molecule has 1 N–H and O–H groups in total. The third kappa shape index (κ3) is 2.45. The van der Waals surface area contributed by atoms with Crippen LogP contribution < -0.4 is 10.2 Å². The molecule has 4 nitrogen and oxygen atoms in total. The maximum Gasteiger partial charge on any atom is 0.227 e. The van der Waals surface area contributed by atoms with Crippen molar-refractivity contribution in [2.45, 2.75) is 13.3 Å². The van der Waals surface area contributed by atoms with E-state index in [1.54, 1.807) is 7.05 Å². The molecule has 0 spiro atoms. The highest BCUT2D eigenvalue weighted by Crippen LogP contribution is 2.36. The largest absolute Gasteiger partial charge is 0.369 e. The first kappa shape index (κ1) is 13.9. The standard InChI is InChI=1S/C14H16BrN3O/c1-14(13(19)17-2)6-7-18(9-14)12-5-3-4-11(15)10(12)8-16/h3-5H,6-7,9H2,1-2H3,(H,17,19). The average molecular weight is 322 g/mol. The second-order valence-corrected chi connectivity index (χ2v) is 5.91. The van der Waals surface area contributed by atoms with Crippen LogP contribution in [0.15, 0.2) is 22.7 Å². The van der Waals surface area contributed by atoms with Crippen molar-refractivity contribution < 1.29 is 4.79 Å². The van der Waals surface area contributed by atoms with Gasteiger partial charge in [-0.15, -0.1) is 0 Å². The van der Waals surface area contributed by atoms with Crippen molar-refractivity contribution in [1.82, 2.24) is 5.32 Å². The van der Waals surface area contributed by atoms with E-state index in [0.717, 1.165) is 23.1 Å². The van der Waals surface area contributed by atoms with Crippen molar-refractivity contribution in [1.29, 1.82) is 5.26 Å². The molecule has 1 aromatic carbocycles. The second-order valence-electron chi connectivity index (χ2n) is 5.06. The molecule has 1 amide bonds. The quantitative estimate of drug-likeness (QED) is 0.909. The van der Waals surface area contributed by atoms with Gasteiger partial charge in [-0.25, -0.2) is 0 Å². The fraction of sp³-hybridized carbons (Fsp3) is 0.429. The number of benzene rings is 1. The summed E-state index contributed by atoms with van der Waals surface area (Å²) in [5.41, 5.74) is 1.14. The molecule has 100 valence electrons. The van der Waals surface area contributed by atoms with E-state index in [1.807, 2.05) is 25.1 Å². The Labute approximate surface area is 121 Å². The first-order valence-corrected chi connectivity index (χ1v) is 6.97. The molecule has 19 heavy (non-hydrogen) atoms. The normalized spacial score (nSPS) is 22.1. The molecule has 1 saturated heterocycles. The van der Waals surface area contributed by atoms with Gasteiger partial charge in [0.1, 0.15) is 6.07 Å². The highest BCUT2D eigenvalue weighted by Gasteiger charge is 2.40. The van der Waals surface area contributed by atoms with Crippen molar-refractivity contribution >= 4 is 27.5 Å². The molecule has 5 heteroatoms. The zero-order chi connectivity index (χ0) is 14.0. The average Bonchev–Trinajstić information content (AvgIpc) is 2.81. The van der Waals surface area contributed by atoms with Gasteiger partial charge in [-0.3, -0.25) is 4.79 Å². The van der Waals surface area contributed by atoms with Crippen LogP contribution in [0.4, 0.5) is 5.69 Å². The Morgan fingerprint density at radius 2 is 2.32 bits per heavy atom. The summed E-state index contributed by atoms with van der Waals surface area (Å²) in [7, 11) is 1.66. The molecule has 1 aliphatic rings. The Morgan fingerprint density at radius 3 is 2.95 bits per heavy atom. The van der Waals surface area contributed by atoms with Crippen LogP contribution in [0.25, 0.3) is 0 Å². The highest BCUT2D eigenvalue weighted by molar-refractivity contribution is 9.10. The topological polar surface area (TPSA) is 56.1 Å². The first-order chi connectivity index (χ1) is 9.01. The van der Waals surface area contributed by atoms with Crippen LogP contribution in [0, 0.1) is 16.7 Å². The van der Waals surface area contributed by atoms with Gasteiger partial charge in [-0.2, -0.15) is 5.26 Å². The van der Waals surface area contributed by atoms with E-state index < -0.39 is 0 Å². The summed E-state index contributed by atoms with van der Waals surface area (Å²) in [5, 5.41) is 12.0. The molecule has 0 aromatic heterocycles. The van der Waals surface area contributed by atoms with Gasteiger partial charge < -0.3 is 10.2 Å². The van der Waals surface area contributed by atoms with E-state index in [-0.39, 0.29) is 11.3 Å². The van der Waals surface area contributed by atoms with Crippen LogP contribution in [-0.2, 0) is 4.79 Å². The second kappa shape index (κ2) is 5.22. The summed E-state index contributed by atoms with van der Waals surface area (Å²) in [6, 6.07) is 7.92. The third-order valence-corrected chi connectivity index (χ3v) is 4.35. The number of hydrogen-bond donors (Lipinski definition) is 1. The molecule has 1 atom stereocenters. The number of hydrogen-bond acceptors (Lipinski definition) is 3. The van der Waals surface area contributed by atoms with Crippen LogP contribution in [0.2, 0.25) is 0 Å². The maximum atomic E-state index is 11.9. The lowest BCUT2D eigenvalue weighted by Crippen LogP contribution is -2.39. The van der Waals surface area contributed by atoms with Crippen LogP contribution in [0.5, 0.6) is 0 Å². The number of carbonyl (C=O) groups excluding carboxylic acids is 1. The fourth-order valence-corrected chi connectivity index (χ4v) is 2.99. The van der Waals surface area contributed by atoms with Crippen LogP contribution in [0.1, 0.15) is 18.9 Å². The SMILES string of the molecule is CNC(=O)C1(C)CCN(c2cccc(Br)c2C#N)C1. The van der Waals surface area contributed by atoms with Gasteiger partial charge in [0, 0.05) is 24.6 Å². The number of rotatable bonds is 2. The summed E-state index contributed by atoms with van der Waals surface area (Å²) >= 11 is 3.40. The van der Waals surface area contributed by atoms with E-state index in [2.05, 4.69) is 32.2 Å². The van der Waals surface area contributed by atoms with Gasteiger partial charge in [0.2, 0.25) is 5.91 Å². The number of halogens is 1. The van der Waals surface area contributed by atoms with Crippen LogP contribution in [0.3, 0.4) is 0 Å². The van der Waals surface area contributed by atoms with E-state index >= 15 is 0 Å². The van der Waals surface area contributed by atoms with E-state index in [1.165, 1.54) is 0 Å². The Hall–Kier alpha value is -1.54. The predicted molar refractivity (Wildman–Crippen MR) is 77.9 cm³/mol. The van der Waals surface area contributed by atoms with E-state index in [4.69, 9.17) is 0 Å². The lowest BCUT2D eigenvalue weighted by molar-refractivity contribution is -0.128. The smallest absolute Gasteiger partial charge is 0.227 e. The third-order valence-electron chi connectivity index (χ3n) is 3.69. The van der Waals surface area contributed by atoms with Crippen molar-refractivity contribution in [2.75, 3.05) is 25.0 Å². The highest BCUT2D eigenvalue weighted by atomic mass is 79.9. The van der Waals surface area contributed by atoms with E-state index in [0.29, 0.717) is 12.1 Å². The summed E-state index contributed by atoms with van der Waals surface area (Å²) < 4.78 is 0.793. The monoisotopic (exact) mass is 321 g/mol. The number of carbonyl (C=O) groups is 1. The molecule has 0 bridgehead atoms. The minimum atomic E-state index is -0.385. The van der Waals surface area contributed by atoms with Crippen LogP contribution in [-0.4, -0.2) is 26.0 Å². The Balaban J connectivity index is 2.30. The molecular weight excluding hydrogens is 306 g/mol. The van der Waals surface area contributed by atoms with Crippen molar-refractivity contribution in [2.24, 2.45) is 5.41 Å². The Morgan fingerprint density at radius 1 is 1.58 bits per heavy atom. The number of amides is 1. The zero-order valence-corrected chi connectivity index (χ0v) is 12.6. The molecule has 0 aliphatic carbocycles. The fourth-order valence-electron chi connectivity index (χ4n) is 2.54. The molecule has 1 fully saturated rings. The van der Waals surface area contributed by atoms with Gasteiger partial charge in [0.15, 0.2) is 0 Å². The van der Waals surface area contributed by atoms with E-state index in [9.17, 15) is 10.1 Å². The van der Waals surface area contributed by atoms with Gasteiger partial charge in [-0.1, -0.05) is 6.07 Å². The summed E-state index contributed by atoms with van der Waals surface area (Å²) in [4.78, 5) is 14.0. The predicted octanol–water partition coefficient (Wildman–Crippen LogP) is 2.28. The number of nitrogens with one attached hydrogen (secondary N) is 1. The minimum Gasteiger partial charge on any atom is -0.369 e. The number of nitrogens with zero attached hydrogens (tertiary/aromatic N) is 2. The van der Waals surface area contributed by atoms with Crippen molar-refractivity contribution in [3.8, 4) is 6.07 Å². The number of anilines is 1. The molecule has 0 radical (unpaired) electrons. The molecule has 1 unspecified atom stereocenters. The molecule has 1 aliphatic heterocycles. The van der Waals surface area contributed by atoms with Gasteiger partial charge in [0.05, 0.1) is 16.7 Å². The van der Waals surface area contributed by atoms with Gasteiger partial charge >= 0.3 is 0 Å². The van der Waals surface area contributed by atoms with Gasteiger partial charge in [0.25, 0.3) is 0 Å². The number of nitriles is 1. The molecule has 1 heterocycles. The summed E-state index contributed by atoms with van der Waals surface area (Å²) in [6.45, 7) is 3.39. The summed E-state index contributed by atoms with van der Waals surface area (Å²) in [5.74, 6) is 0.0588. The molecule has 0 saturated carbocycles. The van der Waals surface area contributed by atoms with Crippen LogP contribution >= 0.6 is 15.9 Å². The van der Waals surface area contributed by atoms with Crippen molar-refractivity contribution in [3.05, 3.63) is 28.2 Å². The Kier molecular flexibility index (Phi) is 3.81. The summed E-state index contributed by atoms with van der Waals surface area (Å²) in [6.07, 6.45) is 0.796. The van der Waals surface area contributed by atoms with Crippen molar-refractivity contribution in [3.63, 3.8) is 0 Å². The first-order valence-electron chi connectivity index (χ1n) is 6.17. The lowest BCUT2D eigenvalue weighted by atomic mass is 9.89. The molecule has 1 aromatic rings.